The number of benzene rings is 1. The van der Waals surface area contributed by atoms with Gasteiger partial charge >= 0.3 is 18.5 Å². The van der Waals surface area contributed by atoms with E-state index in [1.165, 1.54) is 6.92 Å². The van der Waals surface area contributed by atoms with Gasteiger partial charge in [-0.25, -0.2) is 4.79 Å². The quantitative estimate of drug-likeness (QED) is 0.660. The van der Waals surface area contributed by atoms with E-state index >= 15 is 0 Å². The summed E-state index contributed by atoms with van der Waals surface area (Å²) in [6, 6.07) is 0.434. The van der Waals surface area contributed by atoms with E-state index < -0.39 is 35.9 Å². The highest BCUT2D eigenvalue weighted by Gasteiger charge is 2.46. The van der Waals surface area contributed by atoms with Crippen molar-refractivity contribution in [2.45, 2.75) is 25.5 Å². The van der Waals surface area contributed by atoms with Crippen molar-refractivity contribution in [1.29, 1.82) is 0 Å². The van der Waals surface area contributed by atoms with Crippen molar-refractivity contribution in [3.05, 3.63) is 29.3 Å². The van der Waals surface area contributed by atoms with Crippen molar-refractivity contribution in [3.63, 3.8) is 0 Å². The Bertz CT molecular complexity index is 665. The van der Waals surface area contributed by atoms with Crippen LogP contribution in [-0.4, -0.2) is 31.2 Å². The largest absolute Gasteiger partial charge is 0.573 e. The molecule has 2 rings (SSSR count). The summed E-state index contributed by atoms with van der Waals surface area (Å²) in [5.41, 5.74) is -0.888. The summed E-state index contributed by atoms with van der Waals surface area (Å²) in [7, 11) is 0. The molecule has 0 saturated heterocycles. The Hall–Kier alpha value is -2.39. The molecule has 1 unspecified atom stereocenters. The molecule has 1 heterocycles. The van der Waals surface area contributed by atoms with Crippen LogP contribution in [0.3, 0.4) is 0 Å². The maximum atomic E-state index is 13.1. The van der Waals surface area contributed by atoms with E-state index in [1.807, 2.05) is 0 Å². The molecular weight excluding hydrogens is 344 g/mol. The van der Waals surface area contributed by atoms with Crippen LogP contribution in [0.15, 0.2) is 23.8 Å². The highest BCUT2D eigenvalue weighted by atomic mass is 19.4. The normalized spacial score (nSPS) is 17.5. The van der Waals surface area contributed by atoms with Crippen LogP contribution in [-0.2, 0) is 9.53 Å². The first-order chi connectivity index (χ1) is 11.0. The topological polar surface area (TPSA) is 47.6 Å². The summed E-state index contributed by atoms with van der Waals surface area (Å²) in [5, 5.41) is 2.09. The SMILES string of the molecule is CCOC(=O)C1=Cc2cc(OC(F)(F)F)ccc2NC1C(F)(F)F. The summed E-state index contributed by atoms with van der Waals surface area (Å²) in [5.74, 6) is -1.83. The zero-order valence-electron chi connectivity index (χ0n) is 12.1. The Balaban J connectivity index is 2.44. The third kappa shape index (κ3) is 4.12. The van der Waals surface area contributed by atoms with Gasteiger partial charge in [-0.15, -0.1) is 13.2 Å². The number of carbonyl (C=O) groups is 1. The molecule has 0 saturated carbocycles. The molecule has 10 heteroatoms. The van der Waals surface area contributed by atoms with Gasteiger partial charge in [-0.3, -0.25) is 0 Å². The van der Waals surface area contributed by atoms with Crippen LogP contribution in [0.5, 0.6) is 5.75 Å². The lowest BCUT2D eigenvalue weighted by Gasteiger charge is -2.29. The van der Waals surface area contributed by atoms with Crippen LogP contribution in [0.2, 0.25) is 0 Å². The van der Waals surface area contributed by atoms with Crippen LogP contribution in [0, 0.1) is 0 Å². The van der Waals surface area contributed by atoms with Gasteiger partial charge < -0.3 is 14.8 Å². The molecule has 0 aliphatic carbocycles. The van der Waals surface area contributed by atoms with E-state index in [-0.39, 0.29) is 17.9 Å². The highest BCUT2D eigenvalue weighted by molar-refractivity contribution is 5.98. The van der Waals surface area contributed by atoms with E-state index in [9.17, 15) is 31.1 Å². The number of ether oxygens (including phenoxy) is 2. The summed E-state index contributed by atoms with van der Waals surface area (Å²) in [6.45, 7) is 1.27. The molecule has 0 fully saturated rings. The van der Waals surface area contributed by atoms with Gasteiger partial charge in [0.25, 0.3) is 0 Å². The van der Waals surface area contributed by atoms with Gasteiger partial charge in [0.2, 0.25) is 0 Å². The van der Waals surface area contributed by atoms with E-state index in [0.29, 0.717) is 0 Å². The Kier molecular flexibility index (Phi) is 4.68. The molecule has 4 nitrogen and oxygen atoms in total. The number of carbonyl (C=O) groups excluding carboxylic acids is 1. The minimum Gasteiger partial charge on any atom is -0.463 e. The van der Waals surface area contributed by atoms with Crippen molar-refractivity contribution < 1.29 is 40.6 Å². The fourth-order valence-corrected chi connectivity index (χ4v) is 2.12. The molecule has 1 aliphatic rings. The number of alkyl halides is 6. The average Bonchev–Trinajstić information content (AvgIpc) is 2.43. The van der Waals surface area contributed by atoms with Crippen molar-refractivity contribution in [2.24, 2.45) is 0 Å². The minimum absolute atomic E-state index is 0.0553. The Labute approximate surface area is 132 Å². The Morgan fingerprint density at radius 1 is 1.21 bits per heavy atom. The van der Waals surface area contributed by atoms with Crippen LogP contribution < -0.4 is 10.1 Å². The second-order valence-electron chi connectivity index (χ2n) is 4.74. The molecule has 24 heavy (non-hydrogen) atoms. The van der Waals surface area contributed by atoms with Crippen LogP contribution in [0.25, 0.3) is 6.08 Å². The maximum Gasteiger partial charge on any atom is 0.573 e. The molecule has 0 bridgehead atoms. The molecule has 1 aliphatic heterocycles. The standard InChI is InChI=1S/C14H11F6NO3/c1-2-23-12(22)9-6-7-5-8(24-14(18,19)20)3-4-10(7)21-11(9)13(15,16)17/h3-6,11,21H,2H2,1H3. The predicted octanol–water partition coefficient (Wildman–Crippen LogP) is 3.89. The number of hydrogen-bond acceptors (Lipinski definition) is 4. The van der Waals surface area contributed by atoms with Gasteiger partial charge in [-0.05, 0) is 31.2 Å². The minimum atomic E-state index is -4.95. The summed E-state index contributed by atoms with van der Waals surface area (Å²) >= 11 is 0. The van der Waals surface area contributed by atoms with E-state index in [2.05, 4.69) is 14.8 Å². The third-order valence-corrected chi connectivity index (χ3v) is 3.02. The highest BCUT2D eigenvalue weighted by Crippen LogP contribution is 2.37. The average molecular weight is 355 g/mol. The molecular formula is C14H11F6NO3. The number of fused-ring (bicyclic) bond motifs is 1. The van der Waals surface area contributed by atoms with Gasteiger partial charge in [-0.1, -0.05) is 0 Å². The molecule has 1 N–H and O–H groups in total. The fraction of sp³-hybridized carbons (Fsp3) is 0.357. The van der Waals surface area contributed by atoms with Gasteiger partial charge in [0.15, 0.2) is 6.04 Å². The molecule has 1 aromatic rings. The zero-order valence-corrected chi connectivity index (χ0v) is 12.1. The third-order valence-electron chi connectivity index (χ3n) is 3.02. The smallest absolute Gasteiger partial charge is 0.463 e. The van der Waals surface area contributed by atoms with Crippen molar-refractivity contribution in [1.82, 2.24) is 0 Å². The first kappa shape index (κ1) is 18.0. The van der Waals surface area contributed by atoms with Gasteiger partial charge in [0, 0.05) is 11.3 Å². The lowest BCUT2D eigenvalue weighted by atomic mass is 9.97. The molecule has 0 aromatic heterocycles. The van der Waals surface area contributed by atoms with Gasteiger partial charge in [-0.2, -0.15) is 13.2 Å². The van der Waals surface area contributed by atoms with Crippen LogP contribution in [0.4, 0.5) is 32.0 Å². The zero-order chi connectivity index (χ0) is 18.1. The van der Waals surface area contributed by atoms with Crippen molar-refractivity contribution in [3.8, 4) is 5.75 Å². The van der Waals surface area contributed by atoms with E-state index in [0.717, 1.165) is 24.3 Å². The summed E-state index contributed by atoms with van der Waals surface area (Å²) < 4.78 is 84.3. The van der Waals surface area contributed by atoms with Crippen LogP contribution >= 0.6 is 0 Å². The molecule has 1 aromatic carbocycles. The summed E-state index contributed by atoms with van der Waals surface area (Å²) in [4.78, 5) is 11.7. The second-order valence-corrected chi connectivity index (χ2v) is 4.74. The maximum absolute atomic E-state index is 13.1. The van der Waals surface area contributed by atoms with Crippen molar-refractivity contribution >= 4 is 17.7 Å². The Morgan fingerprint density at radius 3 is 2.42 bits per heavy atom. The molecule has 0 spiro atoms. The fourth-order valence-electron chi connectivity index (χ4n) is 2.12. The number of anilines is 1. The molecule has 0 amide bonds. The predicted molar refractivity (Wildman–Crippen MR) is 71.2 cm³/mol. The summed E-state index contributed by atoms with van der Waals surface area (Å²) in [6.07, 6.45) is -8.90. The second kappa shape index (κ2) is 6.25. The lowest BCUT2D eigenvalue weighted by Crippen LogP contribution is -2.42. The van der Waals surface area contributed by atoms with E-state index in [4.69, 9.17) is 0 Å². The van der Waals surface area contributed by atoms with E-state index in [1.54, 1.807) is 0 Å². The lowest BCUT2D eigenvalue weighted by molar-refractivity contribution is -0.274. The molecule has 132 valence electrons. The van der Waals surface area contributed by atoms with Gasteiger partial charge in [0.05, 0.1) is 12.2 Å². The Morgan fingerprint density at radius 2 is 1.88 bits per heavy atom. The molecule has 1 atom stereocenters. The van der Waals surface area contributed by atoms with Crippen molar-refractivity contribution in [2.75, 3.05) is 11.9 Å². The van der Waals surface area contributed by atoms with Gasteiger partial charge in [0.1, 0.15) is 5.75 Å². The molecule has 0 radical (unpaired) electrons. The first-order valence-electron chi connectivity index (χ1n) is 6.63. The number of nitrogens with one attached hydrogen (secondary N) is 1. The van der Waals surface area contributed by atoms with Crippen LogP contribution in [0.1, 0.15) is 12.5 Å². The number of rotatable bonds is 3. The number of halogens is 6. The monoisotopic (exact) mass is 355 g/mol. The first-order valence-corrected chi connectivity index (χ1v) is 6.63. The number of hydrogen-bond donors (Lipinski definition) is 1. The number of esters is 1.